The smallest absolute Gasteiger partial charge is 0.299 e. The molecule has 1 heterocycles. The van der Waals surface area contributed by atoms with E-state index in [-0.39, 0.29) is 34.4 Å². The Morgan fingerprint density at radius 3 is 2.47 bits per heavy atom. The molecule has 0 radical (unpaired) electrons. The quantitative estimate of drug-likeness (QED) is 0.348. The number of Topliss-reactive ketones (excluding diaryl/α,β-unsaturated/α-hetero) is 1. The van der Waals surface area contributed by atoms with Crippen molar-refractivity contribution in [1.29, 1.82) is 0 Å². The van der Waals surface area contributed by atoms with Gasteiger partial charge in [0.05, 0.1) is 16.1 Å². The molecule has 0 amide bonds. The van der Waals surface area contributed by atoms with Gasteiger partial charge in [-0.2, -0.15) is 13.2 Å². The summed E-state index contributed by atoms with van der Waals surface area (Å²) in [5.41, 5.74) is 1.75. The summed E-state index contributed by atoms with van der Waals surface area (Å²) in [5.74, 6) is 0.110. The van der Waals surface area contributed by atoms with Gasteiger partial charge in [-0.1, -0.05) is 17.7 Å². The van der Waals surface area contributed by atoms with E-state index >= 15 is 0 Å². The van der Waals surface area contributed by atoms with Gasteiger partial charge in [0.2, 0.25) is 0 Å². The van der Waals surface area contributed by atoms with Crippen molar-refractivity contribution >= 4 is 28.3 Å². The van der Waals surface area contributed by atoms with Crippen LogP contribution in [0.25, 0.3) is 10.9 Å². The van der Waals surface area contributed by atoms with E-state index in [1.54, 1.807) is 18.3 Å². The third-order valence-electron chi connectivity index (χ3n) is 7.75. The van der Waals surface area contributed by atoms with Crippen LogP contribution < -0.4 is 0 Å². The Kier molecular flexibility index (Phi) is 5.91. The maximum absolute atomic E-state index is 13.8. The van der Waals surface area contributed by atoms with E-state index < -0.39 is 11.7 Å². The number of carbonyl (C=O) groups is 1. The van der Waals surface area contributed by atoms with E-state index in [1.807, 2.05) is 6.07 Å². The molecule has 2 saturated carbocycles. The maximum Gasteiger partial charge on any atom is 0.417 e. The van der Waals surface area contributed by atoms with Gasteiger partial charge < -0.3 is 0 Å². The summed E-state index contributed by atoms with van der Waals surface area (Å²) in [5, 5.41) is 0.505. The minimum atomic E-state index is -4.50. The molecule has 0 N–H and O–H groups in total. The molecule has 1 aromatic heterocycles. The molecule has 0 saturated heterocycles. The normalized spacial score (nSPS) is 24.9. The third-order valence-corrected chi connectivity index (χ3v) is 8.07. The number of ketones is 1. The van der Waals surface area contributed by atoms with E-state index in [9.17, 15) is 22.4 Å². The molecule has 5 rings (SSSR count). The minimum absolute atomic E-state index is 0.0477. The van der Waals surface area contributed by atoms with Gasteiger partial charge in [0.25, 0.3) is 0 Å². The lowest BCUT2D eigenvalue weighted by atomic mass is 9.53. The SMILES string of the molecule is O=C(Cc1ccc(C(F)(F)F)c(Cl)c1)C1CC2(CCC(c3ccnc4ccc(F)cc34)CC2)C1. The number of nitrogens with zero attached hydrogens (tertiary/aromatic N) is 1. The number of hydrogen-bond acceptors (Lipinski definition) is 2. The number of rotatable bonds is 4. The van der Waals surface area contributed by atoms with Crippen molar-refractivity contribution in [2.24, 2.45) is 11.3 Å². The number of halogens is 5. The summed E-state index contributed by atoms with van der Waals surface area (Å²) in [6, 6.07) is 10.2. The number of alkyl halides is 3. The van der Waals surface area contributed by atoms with Crippen molar-refractivity contribution < 1.29 is 22.4 Å². The molecule has 178 valence electrons. The predicted molar refractivity (Wildman–Crippen MR) is 123 cm³/mol. The zero-order valence-electron chi connectivity index (χ0n) is 18.5. The van der Waals surface area contributed by atoms with Crippen molar-refractivity contribution in [3.63, 3.8) is 0 Å². The summed E-state index contributed by atoms with van der Waals surface area (Å²) >= 11 is 5.79. The molecule has 2 aromatic carbocycles. The van der Waals surface area contributed by atoms with Gasteiger partial charge in [0.1, 0.15) is 11.6 Å². The van der Waals surface area contributed by atoms with Crippen LogP contribution in [0, 0.1) is 17.2 Å². The topological polar surface area (TPSA) is 30.0 Å². The monoisotopic (exact) mass is 489 g/mol. The molecule has 0 atom stereocenters. The average molecular weight is 490 g/mol. The van der Waals surface area contributed by atoms with Crippen molar-refractivity contribution in [3.05, 3.63) is 76.2 Å². The molecule has 2 aliphatic carbocycles. The first-order valence-electron chi connectivity index (χ1n) is 11.6. The van der Waals surface area contributed by atoms with Crippen molar-refractivity contribution in [3.8, 4) is 0 Å². The van der Waals surface area contributed by atoms with E-state index in [2.05, 4.69) is 4.98 Å². The van der Waals surface area contributed by atoms with E-state index in [1.165, 1.54) is 18.2 Å². The average Bonchev–Trinajstić information content (AvgIpc) is 2.76. The second kappa shape index (κ2) is 8.63. The van der Waals surface area contributed by atoms with Crippen LogP contribution in [0.5, 0.6) is 0 Å². The van der Waals surface area contributed by atoms with Crippen LogP contribution in [-0.4, -0.2) is 10.8 Å². The Labute approximate surface area is 200 Å². The van der Waals surface area contributed by atoms with Crippen LogP contribution in [0.15, 0.2) is 48.7 Å². The lowest BCUT2D eigenvalue weighted by molar-refractivity contribution is -0.137. The van der Waals surface area contributed by atoms with Crippen molar-refractivity contribution in [1.82, 2.24) is 4.98 Å². The molecule has 0 aliphatic heterocycles. The highest BCUT2D eigenvalue weighted by atomic mass is 35.5. The van der Waals surface area contributed by atoms with Crippen LogP contribution in [0.3, 0.4) is 0 Å². The van der Waals surface area contributed by atoms with Crippen molar-refractivity contribution in [2.45, 2.75) is 57.0 Å². The Hall–Kier alpha value is -2.47. The molecule has 34 heavy (non-hydrogen) atoms. The predicted octanol–water partition coefficient (Wildman–Crippen LogP) is 7.91. The van der Waals surface area contributed by atoms with Gasteiger partial charge in [-0.3, -0.25) is 9.78 Å². The molecule has 0 bridgehead atoms. The Morgan fingerprint density at radius 2 is 1.79 bits per heavy atom. The lowest BCUT2D eigenvalue weighted by Crippen LogP contribution is -2.43. The third kappa shape index (κ3) is 4.45. The first kappa shape index (κ1) is 23.3. The van der Waals surface area contributed by atoms with Gasteiger partial charge in [-0.15, -0.1) is 0 Å². The van der Waals surface area contributed by atoms with Crippen LogP contribution in [0.4, 0.5) is 17.6 Å². The second-order valence-electron chi connectivity index (χ2n) is 9.90. The fraction of sp³-hybridized carbons (Fsp3) is 0.407. The molecular formula is C27H24ClF4NO. The first-order valence-corrected chi connectivity index (χ1v) is 11.9. The van der Waals surface area contributed by atoms with E-state index in [4.69, 9.17) is 11.6 Å². The number of fused-ring (bicyclic) bond motifs is 1. The van der Waals surface area contributed by atoms with Gasteiger partial charge >= 0.3 is 6.18 Å². The number of benzene rings is 2. The fourth-order valence-electron chi connectivity index (χ4n) is 5.90. The van der Waals surface area contributed by atoms with Gasteiger partial charge in [-0.25, -0.2) is 4.39 Å². The number of hydrogen-bond donors (Lipinski definition) is 0. The molecule has 2 fully saturated rings. The number of aromatic nitrogens is 1. The van der Waals surface area contributed by atoms with Crippen LogP contribution in [0.2, 0.25) is 5.02 Å². The molecule has 3 aromatic rings. The maximum atomic E-state index is 13.8. The van der Waals surface area contributed by atoms with Crippen LogP contribution >= 0.6 is 11.6 Å². The Bertz CT molecular complexity index is 1240. The van der Waals surface area contributed by atoms with Crippen molar-refractivity contribution in [2.75, 3.05) is 0 Å². The highest BCUT2D eigenvalue weighted by Gasteiger charge is 2.48. The minimum Gasteiger partial charge on any atom is -0.299 e. The molecule has 2 aliphatic rings. The molecular weight excluding hydrogens is 466 g/mol. The summed E-state index contributed by atoms with van der Waals surface area (Å²) < 4.78 is 52.5. The highest BCUT2D eigenvalue weighted by molar-refractivity contribution is 6.31. The van der Waals surface area contributed by atoms with E-state index in [0.29, 0.717) is 11.5 Å². The molecule has 1 spiro atoms. The van der Waals surface area contributed by atoms with Gasteiger partial charge in [0, 0.05) is 23.9 Å². The zero-order valence-corrected chi connectivity index (χ0v) is 19.2. The lowest BCUT2D eigenvalue weighted by Gasteiger charge is -2.51. The largest absolute Gasteiger partial charge is 0.417 e. The molecule has 7 heteroatoms. The summed E-state index contributed by atoms with van der Waals surface area (Å²) in [4.78, 5) is 17.1. The number of carbonyl (C=O) groups excluding carboxylic acids is 1. The van der Waals surface area contributed by atoms with Crippen LogP contribution in [0.1, 0.15) is 61.1 Å². The molecule has 0 unspecified atom stereocenters. The number of pyridine rings is 1. The highest BCUT2D eigenvalue weighted by Crippen LogP contribution is 2.57. The summed E-state index contributed by atoms with van der Waals surface area (Å²) in [6.07, 6.45) is 3.07. The Balaban J connectivity index is 1.19. The second-order valence-corrected chi connectivity index (χ2v) is 10.3. The van der Waals surface area contributed by atoms with E-state index in [0.717, 1.165) is 61.1 Å². The first-order chi connectivity index (χ1) is 16.1. The summed E-state index contributed by atoms with van der Waals surface area (Å²) in [7, 11) is 0. The van der Waals surface area contributed by atoms with Gasteiger partial charge in [-0.05, 0) is 97.4 Å². The standard InChI is InChI=1S/C27H24ClF4NO/c28-23-11-16(1-3-22(23)27(30,31)32)12-25(34)18-14-26(15-18)8-5-17(6-9-26)20-7-10-33-24-4-2-19(29)13-21(20)24/h1-4,7,10-11,13,17-18H,5-6,8-9,12,14-15H2. The zero-order chi connectivity index (χ0) is 24.1. The Morgan fingerprint density at radius 1 is 1.06 bits per heavy atom. The van der Waals surface area contributed by atoms with Crippen LogP contribution in [-0.2, 0) is 17.4 Å². The molecule has 2 nitrogen and oxygen atoms in total. The van der Waals surface area contributed by atoms with Gasteiger partial charge in [0.15, 0.2) is 0 Å². The fourth-order valence-corrected chi connectivity index (χ4v) is 6.21. The summed E-state index contributed by atoms with van der Waals surface area (Å²) in [6.45, 7) is 0.